The number of rotatable bonds is 3. The van der Waals surface area contributed by atoms with Crippen LogP contribution in [0.3, 0.4) is 0 Å². The molecule has 0 unspecified atom stereocenters. The molecule has 0 saturated heterocycles. The Morgan fingerprint density at radius 1 is 1.05 bits per heavy atom. The molecule has 0 radical (unpaired) electrons. The summed E-state index contributed by atoms with van der Waals surface area (Å²) in [5, 5.41) is 5.36. The average Bonchev–Trinajstić information content (AvgIpc) is 2.44. The maximum absolute atomic E-state index is 11.8. The summed E-state index contributed by atoms with van der Waals surface area (Å²) in [6.45, 7) is 3.98. The Labute approximate surface area is 124 Å². The largest absolute Gasteiger partial charge is 0.397 e. The predicted octanol–water partition coefficient (Wildman–Crippen LogP) is 3.68. The van der Waals surface area contributed by atoms with Gasteiger partial charge in [0.15, 0.2) is 0 Å². The van der Waals surface area contributed by atoms with E-state index in [1.165, 1.54) is 5.56 Å². The molecule has 0 atom stereocenters. The van der Waals surface area contributed by atoms with Gasteiger partial charge in [-0.25, -0.2) is 4.79 Å². The number of carbonyl (C=O) groups excluding carboxylic acids is 1. The van der Waals surface area contributed by atoms with Crippen molar-refractivity contribution in [1.29, 1.82) is 0 Å². The van der Waals surface area contributed by atoms with Gasteiger partial charge in [0.25, 0.3) is 0 Å². The van der Waals surface area contributed by atoms with Gasteiger partial charge in [-0.2, -0.15) is 0 Å². The van der Waals surface area contributed by atoms with Gasteiger partial charge in [-0.15, -0.1) is 0 Å². The number of hydrogen-bond donors (Lipinski definition) is 3. The van der Waals surface area contributed by atoms with Crippen molar-refractivity contribution in [2.75, 3.05) is 11.1 Å². The van der Waals surface area contributed by atoms with E-state index in [9.17, 15) is 4.79 Å². The first-order valence-electron chi connectivity index (χ1n) is 6.71. The van der Waals surface area contributed by atoms with Crippen molar-refractivity contribution in [2.24, 2.45) is 0 Å². The highest BCUT2D eigenvalue weighted by Crippen LogP contribution is 2.19. The standard InChI is InChI=1S/C17H19N3O/c1-12-3-6-14(7-4-12)9-10-19-17(21)20-16-8-5-13(2)11-15(16)18/h3-11H,18H2,1-2H3,(H2,19,20,21)/b10-9+. The van der Waals surface area contributed by atoms with E-state index in [2.05, 4.69) is 10.6 Å². The number of amides is 2. The van der Waals surface area contributed by atoms with Crippen LogP contribution in [-0.2, 0) is 0 Å². The maximum atomic E-state index is 11.8. The van der Waals surface area contributed by atoms with E-state index in [-0.39, 0.29) is 6.03 Å². The summed E-state index contributed by atoms with van der Waals surface area (Å²) in [7, 11) is 0. The van der Waals surface area contributed by atoms with Crippen LogP contribution in [0.15, 0.2) is 48.7 Å². The van der Waals surface area contributed by atoms with Crippen molar-refractivity contribution in [3.63, 3.8) is 0 Å². The Morgan fingerprint density at radius 2 is 1.71 bits per heavy atom. The number of urea groups is 1. The van der Waals surface area contributed by atoms with Crippen LogP contribution in [0.5, 0.6) is 0 Å². The molecule has 0 aliphatic rings. The van der Waals surface area contributed by atoms with Crippen LogP contribution in [0.25, 0.3) is 6.08 Å². The van der Waals surface area contributed by atoms with Crippen LogP contribution in [0.2, 0.25) is 0 Å². The number of carbonyl (C=O) groups is 1. The fraction of sp³-hybridized carbons (Fsp3) is 0.118. The number of aryl methyl sites for hydroxylation is 2. The van der Waals surface area contributed by atoms with Crippen LogP contribution in [0.1, 0.15) is 16.7 Å². The van der Waals surface area contributed by atoms with Crippen molar-refractivity contribution in [1.82, 2.24) is 5.32 Å². The minimum absolute atomic E-state index is 0.325. The van der Waals surface area contributed by atoms with Gasteiger partial charge in [0.05, 0.1) is 11.4 Å². The molecule has 0 aromatic heterocycles. The monoisotopic (exact) mass is 281 g/mol. The smallest absolute Gasteiger partial charge is 0.323 e. The van der Waals surface area contributed by atoms with E-state index in [0.29, 0.717) is 11.4 Å². The molecule has 21 heavy (non-hydrogen) atoms. The van der Waals surface area contributed by atoms with Gasteiger partial charge in [-0.3, -0.25) is 0 Å². The second-order valence-electron chi connectivity index (χ2n) is 4.93. The van der Waals surface area contributed by atoms with Gasteiger partial charge < -0.3 is 16.4 Å². The van der Waals surface area contributed by atoms with E-state index in [0.717, 1.165) is 11.1 Å². The Kier molecular flexibility index (Phi) is 4.61. The van der Waals surface area contributed by atoms with Crippen molar-refractivity contribution in [3.05, 3.63) is 65.4 Å². The lowest BCUT2D eigenvalue weighted by Crippen LogP contribution is -2.24. The summed E-state index contributed by atoms with van der Waals surface area (Å²) in [4.78, 5) is 11.8. The highest BCUT2D eigenvalue weighted by Gasteiger charge is 2.02. The molecule has 2 amide bonds. The van der Waals surface area contributed by atoms with Crippen LogP contribution in [-0.4, -0.2) is 6.03 Å². The van der Waals surface area contributed by atoms with Gasteiger partial charge in [0, 0.05) is 6.20 Å². The molecule has 2 rings (SSSR count). The van der Waals surface area contributed by atoms with Gasteiger partial charge in [-0.05, 0) is 43.2 Å². The minimum atomic E-state index is -0.325. The number of nitrogens with one attached hydrogen (secondary N) is 2. The molecule has 4 heteroatoms. The van der Waals surface area contributed by atoms with Crippen molar-refractivity contribution >= 4 is 23.5 Å². The van der Waals surface area contributed by atoms with E-state index in [4.69, 9.17) is 5.73 Å². The number of hydrogen-bond acceptors (Lipinski definition) is 2. The van der Waals surface area contributed by atoms with E-state index in [1.54, 1.807) is 12.3 Å². The van der Waals surface area contributed by atoms with Gasteiger partial charge in [-0.1, -0.05) is 35.9 Å². The van der Waals surface area contributed by atoms with Crippen molar-refractivity contribution in [3.8, 4) is 0 Å². The Hall–Kier alpha value is -2.75. The summed E-state index contributed by atoms with van der Waals surface area (Å²) in [6.07, 6.45) is 3.43. The third-order valence-electron chi connectivity index (χ3n) is 3.02. The zero-order valence-corrected chi connectivity index (χ0v) is 12.2. The molecule has 2 aromatic carbocycles. The molecular weight excluding hydrogens is 262 g/mol. The summed E-state index contributed by atoms with van der Waals surface area (Å²) in [6, 6.07) is 13.2. The van der Waals surface area contributed by atoms with Crippen molar-refractivity contribution in [2.45, 2.75) is 13.8 Å². The van der Waals surface area contributed by atoms with Crippen molar-refractivity contribution < 1.29 is 4.79 Å². The first-order chi connectivity index (χ1) is 10.0. The third-order valence-corrected chi connectivity index (χ3v) is 3.02. The molecule has 0 saturated carbocycles. The van der Waals surface area contributed by atoms with Crippen LogP contribution in [0.4, 0.5) is 16.2 Å². The summed E-state index contributed by atoms with van der Waals surface area (Å²) in [5.41, 5.74) is 10.3. The highest BCUT2D eigenvalue weighted by atomic mass is 16.2. The molecule has 108 valence electrons. The first kappa shape index (κ1) is 14.7. The van der Waals surface area contributed by atoms with Gasteiger partial charge in [0.2, 0.25) is 0 Å². The molecule has 0 fully saturated rings. The van der Waals surface area contributed by atoms with E-state index >= 15 is 0 Å². The third kappa shape index (κ3) is 4.38. The van der Waals surface area contributed by atoms with E-state index in [1.807, 2.05) is 56.3 Å². The topological polar surface area (TPSA) is 67.2 Å². The zero-order valence-electron chi connectivity index (χ0n) is 12.2. The molecule has 4 nitrogen and oxygen atoms in total. The summed E-state index contributed by atoms with van der Waals surface area (Å²) in [5.74, 6) is 0. The van der Waals surface area contributed by atoms with Gasteiger partial charge in [0.1, 0.15) is 0 Å². The number of benzene rings is 2. The normalized spacial score (nSPS) is 10.6. The number of anilines is 2. The molecule has 0 bridgehead atoms. The maximum Gasteiger partial charge on any atom is 0.323 e. The lowest BCUT2D eigenvalue weighted by Gasteiger charge is -2.08. The lowest BCUT2D eigenvalue weighted by atomic mass is 10.1. The quantitative estimate of drug-likeness (QED) is 0.751. The second-order valence-corrected chi connectivity index (χ2v) is 4.93. The molecule has 0 spiro atoms. The highest BCUT2D eigenvalue weighted by molar-refractivity contribution is 5.93. The summed E-state index contributed by atoms with van der Waals surface area (Å²) >= 11 is 0. The zero-order chi connectivity index (χ0) is 15.2. The number of nitrogens with two attached hydrogens (primary N) is 1. The molecule has 0 heterocycles. The first-order valence-corrected chi connectivity index (χ1v) is 6.71. The second kappa shape index (κ2) is 6.61. The lowest BCUT2D eigenvalue weighted by molar-refractivity contribution is 0.255. The van der Waals surface area contributed by atoms with Crippen LogP contribution < -0.4 is 16.4 Å². The SMILES string of the molecule is Cc1ccc(/C=C/NC(=O)Nc2ccc(C)cc2N)cc1. The minimum Gasteiger partial charge on any atom is -0.397 e. The van der Waals surface area contributed by atoms with E-state index < -0.39 is 0 Å². The van der Waals surface area contributed by atoms with Crippen LogP contribution in [0, 0.1) is 13.8 Å². The molecule has 0 aliphatic heterocycles. The number of nitrogen functional groups attached to an aromatic ring is 1. The average molecular weight is 281 g/mol. The Morgan fingerprint density at radius 3 is 2.38 bits per heavy atom. The summed E-state index contributed by atoms with van der Waals surface area (Å²) < 4.78 is 0. The Bertz CT molecular complexity index is 660. The Balaban J connectivity index is 1.91. The molecule has 4 N–H and O–H groups in total. The van der Waals surface area contributed by atoms with Gasteiger partial charge >= 0.3 is 6.03 Å². The predicted molar refractivity (Wildman–Crippen MR) is 88.0 cm³/mol. The fourth-order valence-corrected chi connectivity index (χ4v) is 1.85. The molecule has 0 aliphatic carbocycles. The molecule has 2 aromatic rings. The molecular formula is C17H19N3O. The fourth-order valence-electron chi connectivity index (χ4n) is 1.85. The van der Waals surface area contributed by atoms with Crippen LogP contribution >= 0.6 is 0 Å².